The van der Waals surface area contributed by atoms with Gasteiger partial charge in [-0.15, -0.1) is 0 Å². The highest BCUT2D eigenvalue weighted by Gasteiger charge is 2.39. The van der Waals surface area contributed by atoms with Crippen molar-refractivity contribution in [1.82, 2.24) is 4.90 Å². The van der Waals surface area contributed by atoms with Gasteiger partial charge in [0.25, 0.3) is 0 Å². The molecule has 1 amide bonds. The first-order valence-electron chi connectivity index (χ1n) is 13.0. The molecule has 1 aliphatic heterocycles. The monoisotopic (exact) mass is 521 g/mol. The van der Waals surface area contributed by atoms with E-state index in [2.05, 4.69) is 6.07 Å². The minimum absolute atomic E-state index is 0.0958. The molecule has 0 spiro atoms. The van der Waals surface area contributed by atoms with Crippen molar-refractivity contribution in [3.63, 3.8) is 0 Å². The van der Waals surface area contributed by atoms with Crippen LogP contribution in [0.2, 0.25) is 0 Å². The third kappa shape index (κ3) is 5.96. The molecule has 5 rings (SSSR count). The highest BCUT2D eigenvalue weighted by atomic mass is 16.6. The average Bonchev–Trinajstić information content (AvgIpc) is 3.21. The first-order chi connectivity index (χ1) is 18.9. The van der Waals surface area contributed by atoms with Crippen molar-refractivity contribution in [2.45, 2.75) is 45.6 Å². The van der Waals surface area contributed by atoms with E-state index in [0.29, 0.717) is 24.5 Å². The molecule has 0 saturated carbocycles. The third-order valence-corrected chi connectivity index (χ3v) is 7.05. The van der Waals surface area contributed by atoms with E-state index in [1.807, 2.05) is 98.8 Å². The van der Waals surface area contributed by atoms with Gasteiger partial charge in [-0.25, -0.2) is 4.79 Å². The van der Waals surface area contributed by atoms with E-state index in [0.717, 1.165) is 33.4 Å². The molecule has 198 valence electrons. The summed E-state index contributed by atoms with van der Waals surface area (Å²) in [5, 5.41) is 9.42. The second kappa shape index (κ2) is 11.4. The van der Waals surface area contributed by atoms with E-state index in [-0.39, 0.29) is 24.7 Å². The van der Waals surface area contributed by atoms with Crippen LogP contribution in [0.15, 0.2) is 97.1 Å². The zero-order chi connectivity index (χ0) is 27.4. The molecule has 39 heavy (non-hydrogen) atoms. The van der Waals surface area contributed by atoms with Crippen LogP contribution in [0.25, 0.3) is 11.1 Å². The highest BCUT2D eigenvalue weighted by Crippen LogP contribution is 2.38. The Kier molecular flexibility index (Phi) is 7.64. The fourth-order valence-electron chi connectivity index (χ4n) is 5.04. The first-order valence-corrected chi connectivity index (χ1v) is 13.0. The van der Waals surface area contributed by atoms with Crippen molar-refractivity contribution < 1.29 is 24.2 Å². The number of hydrogen-bond donors (Lipinski definition) is 1. The molecule has 1 N–H and O–H groups in total. The van der Waals surface area contributed by atoms with Gasteiger partial charge >= 0.3 is 12.1 Å². The van der Waals surface area contributed by atoms with E-state index in [1.165, 1.54) is 0 Å². The second-order valence-electron chi connectivity index (χ2n) is 9.92. The summed E-state index contributed by atoms with van der Waals surface area (Å²) in [6, 6.07) is 31.1. The molecule has 2 atom stereocenters. The number of nitrogens with zero attached hydrogens (tertiary/aromatic N) is 1. The lowest BCUT2D eigenvalue weighted by Crippen LogP contribution is -2.31. The Morgan fingerprint density at radius 2 is 1.62 bits per heavy atom. The Bertz CT molecular complexity index is 1470. The summed E-state index contributed by atoms with van der Waals surface area (Å²) in [4.78, 5) is 26.3. The predicted molar refractivity (Wildman–Crippen MR) is 149 cm³/mol. The zero-order valence-corrected chi connectivity index (χ0v) is 22.0. The van der Waals surface area contributed by atoms with Crippen LogP contribution in [0.3, 0.4) is 0 Å². The van der Waals surface area contributed by atoms with Crippen molar-refractivity contribution in [2.75, 3.05) is 0 Å². The molecule has 6 nitrogen and oxygen atoms in total. The van der Waals surface area contributed by atoms with Crippen molar-refractivity contribution in [2.24, 2.45) is 0 Å². The molecule has 1 fully saturated rings. The summed E-state index contributed by atoms with van der Waals surface area (Å²) in [7, 11) is 0. The van der Waals surface area contributed by atoms with E-state index in [9.17, 15) is 14.7 Å². The minimum atomic E-state index is -0.899. The number of carboxylic acid groups (broad SMARTS) is 1. The smallest absolute Gasteiger partial charge is 0.411 e. The number of carbonyl (C=O) groups excluding carboxylic acids is 1. The van der Waals surface area contributed by atoms with Crippen molar-refractivity contribution in [3.05, 3.63) is 125 Å². The van der Waals surface area contributed by atoms with E-state index >= 15 is 0 Å². The summed E-state index contributed by atoms with van der Waals surface area (Å²) in [6.45, 7) is 4.74. The molecule has 6 heteroatoms. The topological polar surface area (TPSA) is 76.1 Å². The van der Waals surface area contributed by atoms with Crippen LogP contribution in [0.5, 0.6) is 5.75 Å². The van der Waals surface area contributed by atoms with Gasteiger partial charge in [0.1, 0.15) is 18.5 Å². The molecule has 1 aliphatic rings. The Labute approximate surface area is 228 Å². The maximum atomic E-state index is 13.0. The van der Waals surface area contributed by atoms with Gasteiger partial charge in [0.05, 0.1) is 19.0 Å². The van der Waals surface area contributed by atoms with Crippen LogP contribution in [0, 0.1) is 6.92 Å². The Hall–Kier alpha value is -4.58. The summed E-state index contributed by atoms with van der Waals surface area (Å²) in [5.41, 5.74) is 6.34. The summed E-state index contributed by atoms with van der Waals surface area (Å²) >= 11 is 0. The molecule has 4 aromatic carbocycles. The van der Waals surface area contributed by atoms with Gasteiger partial charge in [0, 0.05) is 5.56 Å². The van der Waals surface area contributed by atoms with E-state index < -0.39 is 5.97 Å². The fraction of sp³-hybridized carbons (Fsp3) is 0.212. The van der Waals surface area contributed by atoms with Crippen LogP contribution in [0.1, 0.15) is 40.8 Å². The van der Waals surface area contributed by atoms with Gasteiger partial charge in [0.15, 0.2) is 0 Å². The number of aryl methyl sites for hydroxylation is 1. The Balaban J connectivity index is 1.50. The molecule has 1 saturated heterocycles. The summed E-state index contributed by atoms with van der Waals surface area (Å²) < 4.78 is 12.0. The summed E-state index contributed by atoms with van der Waals surface area (Å²) in [6.07, 6.45) is -0.805. The zero-order valence-electron chi connectivity index (χ0n) is 22.0. The van der Waals surface area contributed by atoms with E-state index in [1.54, 1.807) is 11.0 Å². The maximum Gasteiger partial charge on any atom is 0.411 e. The van der Waals surface area contributed by atoms with Gasteiger partial charge in [-0.05, 0) is 53.8 Å². The number of carbonyl (C=O) groups is 2. The number of benzene rings is 4. The van der Waals surface area contributed by atoms with Crippen molar-refractivity contribution >= 4 is 12.1 Å². The number of cyclic esters (lactones) is 1. The number of hydrogen-bond acceptors (Lipinski definition) is 4. The molecular weight excluding hydrogens is 490 g/mol. The largest absolute Gasteiger partial charge is 0.488 e. The van der Waals surface area contributed by atoms with Crippen molar-refractivity contribution in [1.29, 1.82) is 0 Å². The molecular formula is C33H31NO5. The van der Waals surface area contributed by atoms with Gasteiger partial charge in [-0.1, -0.05) is 90.5 Å². The molecule has 0 aromatic heterocycles. The van der Waals surface area contributed by atoms with Crippen LogP contribution in [-0.2, 0) is 29.1 Å². The lowest BCUT2D eigenvalue weighted by atomic mass is 9.94. The molecule has 1 heterocycles. The van der Waals surface area contributed by atoms with Gasteiger partial charge in [-0.2, -0.15) is 0 Å². The summed E-state index contributed by atoms with van der Waals surface area (Å²) in [5.74, 6) is -0.249. The average molecular weight is 522 g/mol. The third-order valence-electron chi connectivity index (χ3n) is 7.05. The van der Waals surface area contributed by atoms with Crippen LogP contribution in [-0.4, -0.2) is 28.1 Å². The first kappa shape index (κ1) is 26.0. The van der Waals surface area contributed by atoms with Crippen LogP contribution >= 0.6 is 0 Å². The Morgan fingerprint density at radius 3 is 2.33 bits per heavy atom. The number of ether oxygens (including phenoxy) is 2. The van der Waals surface area contributed by atoms with Crippen LogP contribution < -0.4 is 4.74 Å². The number of amides is 1. The predicted octanol–water partition coefficient (Wildman–Crippen LogP) is 6.95. The molecule has 0 radical (unpaired) electrons. The SMILES string of the molecule is Cc1ccc(-c2cc(CC(=O)O)ccc2OCc2ccccc2)c(CN2C(=O)O[C@H](c3ccccc3)[C@@H]2C)c1. The van der Waals surface area contributed by atoms with Crippen molar-refractivity contribution in [3.8, 4) is 16.9 Å². The number of rotatable bonds is 9. The standard InChI is InChI=1S/C33H31NO5/c1-22-13-15-28(27(17-22)20-34-23(2)32(39-33(34)37)26-11-7-4-8-12-26)29-18-25(19-31(35)36)14-16-30(29)38-21-24-9-5-3-6-10-24/h3-18,23,32H,19-21H2,1-2H3,(H,35,36)/t23-,32-/m0/s1. The molecule has 0 unspecified atom stereocenters. The number of aliphatic carboxylic acids is 1. The van der Waals surface area contributed by atoms with E-state index in [4.69, 9.17) is 9.47 Å². The van der Waals surface area contributed by atoms with Gasteiger partial charge in [-0.3, -0.25) is 9.69 Å². The lowest BCUT2D eigenvalue weighted by Gasteiger charge is -2.23. The quantitative estimate of drug-likeness (QED) is 0.258. The lowest BCUT2D eigenvalue weighted by molar-refractivity contribution is -0.136. The fourth-order valence-corrected chi connectivity index (χ4v) is 5.04. The molecule has 0 bridgehead atoms. The van der Waals surface area contributed by atoms with Gasteiger partial charge in [0.2, 0.25) is 0 Å². The Morgan fingerprint density at radius 1 is 0.897 bits per heavy atom. The van der Waals surface area contributed by atoms with Gasteiger partial charge < -0.3 is 14.6 Å². The molecule has 4 aromatic rings. The molecule has 0 aliphatic carbocycles. The number of carboxylic acids is 1. The van der Waals surface area contributed by atoms with Crippen LogP contribution in [0.4, 0.5) is 4.79 Å². The second-order valence-corrected chi connectivity index (χ2v) is 9.92. The minimum Gasteiger partial charge on any atom is -0.488 e. The maximum absolute atomic E-state index is 13.0. The normalized spacial score (nSPS) is 16.7. The highest BCUT2D eigenvalue weighted by molar-refractivity contribution is 5.78.